The van der Waals surface area contributed by atoms with Crippen molar-refractivity contribution in [1.82, 2.24) is 40.4 Å². The summed E-state index contributed by atoms with van der Waals surface area (Å²) in [5.74, 6) is 0. The molecule has 0 fully saturated rings. The predicted molar refractivity (Wildman–Crippen MR) is 169 cm³/mol. The topological polar surface area (TPSA) is 161 Å². The van der Waals surface area contributed by atoms with Gasteiger partial charge in [-0.2, -0.15) is 9.90 Å². The van der Waals surface area contributed by atoms with Crippen LogP contribution in [0.2, 0.25) is 0 Å². The number of aromatic nitrogens is 8. The molecule has 0 bridgehead atoms. The molecule has 4 rings (SSSR count). The summed E-state index contributed by atoms with van der Waals surface area (Å²) < 4.78 is 47.8. The van der Waals surface area contributed by atoms with E-state index >= 15 is 0 Å². The molecule has 0 spiro atoms. The van der Waals surface area contributed by atoms with Crippen LogP contribution in [0.1, 0.15) is 34.6 Å². The molecule has 0 radical (unpaired) electrons. The highest BCUT2D eigenvalue weighted by molar-refractivity contribution is 8.04. The maximum Gasteiger partial charge on any atom is 0.340 e. The van der Waals surface area contributed by atoms with Crippen LogP contribution in [-0.2, 0) is 27.2 Å². The maximum atomic E-state index is 12.4. The van der Waals surface area contributed by atoms with Gasteiger partial charge in [-0.15, -0.1) is 5.10 Å². The lowest BCUT2D eigenvalue weighted by Gasteiger charge is -2.15. The fourth-order valence-electron chi connectivity index (χ4n) is 3.20. The third kappa shape index (κ3) is 12.5. The molecule has 2 aromatic carbocycles. The van der Waals surface area contributed by atoms with Crippen LogP contribution in [-0.4, -0.2) is 78.5 Å². The van der Waals surface area contributed by atoms with Crippen molar-refractivity contribution in [3.8, 4) is 11.4 Å². The Morgan fingerprint density at radius 1 is 0.767 bits per heavy atom. The molecule has 0 saturated carbocycles. The van der Waals surface area contributed by atoms with Gasteiger partial charge in [-0.3, -0.25) is 9.13 Å². The van der Waals surface area contributed by atoms with Gasteiger partial charge in [0.2, 0.25) is 9.93 Å². The molecule has 0 amide bonds. The molecule has 0 aliphatic rings. The van der Waals surface area contributed by atoms with E-state index in [-0.39, 0.29) is 5.49 Å². The molecule has 0 aliphatic heterocycles. The summed E-state index contributed by atoms with van der Waals surface area (Å²) in [4.78, 5) is 0. The average Bonchev–Trinajstić information content (AvgIpc) is 3.67. The summed E-state index contributed by atoms with van der Waals surface area (Å²) in [7, 11) is -5.82. The normalized spacial score (nSPS) is 11.3. The molecule has 0 aliphatic carbocycles. The Bertz CT molecular complexity index is 1450. The zero-order chi connectivity index (χ0) is 31.6. The van der Waals surface area contributed by atoms with E-state index in [0.717, 1.165) is 11.4 Å². The largest absolute Gasteiger partial charge is 0.340 e. The fraction of sp³-hybridized carbons (Fsp3) is 0.440. The maximum absolute atomic E-state index is 12.4. The molecule has 0 saturated heterocycles. The van der Waals surface area contributed by atoms with Crippen molar-refractivity contribution in [1.29, 1.82) is 0 Å². The molecule has 18 heteroatoms. The highest BCUT2D eigenvalue weighted by Crippen LogP contribution is 2.51. The van der Waals surface area contributed by atoms with Gasteiger partial charge in [-0.05, 0) is 74.6 Å². The van der Waals surface area contributed by atoms with Crippen LogP contribution in [0.3, 0.4) is 0 Å². The van der Waals surface area contributed by atoms with Crippen molar-refractivity contribution >= 4 is 39.2 Å². The number of para-hydroxylation sites is 2. The summed E-state index contributed by atoms with van der Waals surface area (Å²) >= 11 is 6.17. The lowest BCUT2D eigenvalue weighted by Crippen LogP contribution is -2.01. The number of hydrogen-bond donors (Lipinski definition) is 1. The third-order valence-electron chi connectivity index (χ3n) is 4.97. The first kappa shape index (κ1) is 36.6. The number of rotatable bonds is 14. The summed E-state index contributed by atoms with van der Waals surface area (Å²) in [5, 5.41) is 22.0. The van der Waals surface area contributed by atoms with Crippen LogP contribution in [0.25, 0.3) is 11.4 Å². The number of tetrazole rings is 2. The van der Waals surface area contributed by atoms with Gasteiger partial charge in [0.1, 0.15) is 5.49 Å². The van der Waals surface area contributed by atoms with Crippen molar-refractivity contribution < 1.29 is 27.2 Å². The van der Waals surface area contributed by atoms with Crippen molar-refractivity contribution in [2.24, 2.45) is 0 Å². The van der Waals surface area contributed by atoms with Gasteiger partial charge in [0.15, 0.2) is 0 Å². The number of nitrogens with zero attached hydrogens (tertiary/aromatic N) is 7. The van der Waals surface area contributed by atoms with Gasteiger partial charge >= 0.3 is 15.2 Å². The minimum absolute atomic E-state index is 0.169. The number of aromatic amines is 1. The second-order valence-electron chi connectivity index (χ2n) is 7.94. The Morgan fingerprint density at radius 2 is 1.28 bits per heavy atom. The number of benzene rings is 2. The van der Waals surface area contributed by atoms with E-state index in [4.69, 9.17) is 30.3 Å². The Balaban J connectivity index is 0.000000248. The molecular weight excluding hydrogens is 634 g/mol. The highest BCUT2D eigenvalue weighted by Gasteiger charge is 2.25. The number of hydrogen-bond acceptors (Lipinski definition) is 13. The molecule has 14 nitrogen and oxygen atoms in total. The lowest BCUT2D eigenvalue weighted by atomic mass is 10.3. The van der Waals surface area contributed by atoms with Gasteiger partial charge in [-0.25, -0.2) is 4.68 Å². The first-order valence-electron chi connectivity index (χ1n) is 13.5. The van der Waals surface area contributed by atoms with Gasteiger partial charge in [0, 0.05) is 6.16 Å². The Labute approximate surface area is 260 Å². The molecule has 236 valence electrons. The van der Waals surface area contributed by atoms with Gasteiger partial charge < -0.3 is 18.1 Å². The fourth-order valence-corrected chi connectivity index (χ4v) is 7.52. The quantitative estimate of drug-likeness (QED) is 0.0870. The minimum Gasteiger partial charge on any atom is -0.309 e. The van der Waals surface area contributed by atoms with Gasteiger partial charge in [0.05, 0.1) is 37.8 Å². The van der Waals surface area contributed by atoms with E-state index in [1.807, 2.05) is 60.7 Å². The third-order valence-corrected chi connectivity index (χ3v) is 10.9. The minimum atomic E-state index is -3.12. The molecule has 4 aromatic rings. The predicted octanol–water partition coefficient (Wildman–Crippen LogP) is 6.58. The Kier molecular flexibility index (Phi) is 16.8. The van der Waals surface area contributed by atoms with E-state index in [0.29, 0.717) is 42.5 Å². The number of thioether (sulfide) groups is 1. The summed E-state index contributed by atoms with van der Waals surface area (Å²) in [6.45, 7) is 10.5. The van der Waals surface area contributed by atoms with Crippen molar-refractivity contribution in [3.63, 3.8) is 0 Å². The zero-order valence-corrected chi connectivity index (χ0v) is 28.2. The van der Waals surface area contributed by atoms with Gasteiger partial charge in [0.25, 0.3) is 0 Å². The van der Waals surface area contributed by atoms with Crippen LogP contribution in [0, 0.1) is 4.77 Å². The van der Waals surface area contributed by atoms with Crippen LogP contribution in [0.5, 0.6) is 0 Å². The van der Waals surface area contributed by atoms with E-state index < -0.39 is 15.2 Å². The smallest absolute Gasteiger partial charge is 0.309 e. The highest BCUT2D eigenvalue weighted by atomic mass is 32.2. The average molecular weight is 673 g/mol. The van der Waals surface area contributed by atoms with Crippen LogP contribution >= 0.6 is 39.2 Å². The van der Waals surface area contributed by atoms with Crippen molar-refractivity contribution in [2.75, 3.05) is 38.1 Å². The molecule has 43 heavy (non-hydrogen) atoms. The Hall–Kier alpha value is -2.55. The molecular formula is C25H38N8O6P2S2. The standard InChI is InChI=1S/C12H17N4O3PS.C7H6N4S.C6H15O3P/c1-3-18-20(17,19-4-2)10-21-12-13-14-15-16(12)11-8-6-5-7-9-11;12-7-8-9-10-11(7)6-4-2-1-3-5-6;1-4-8-10(7,6-3)9-5-2/h5-9H,3-4,10H2,1-2H3;1-5H,(H,8,10,12);4-6H2,1-3H3. The molecule has 0 unspecified atom stereocenters. The van der Waals surface area contributed by atoms with E-state index in [1.165, 1.54) is 11.8 Å². The summed E-state index contributed by atoms with van der Waals surface area (Å²) in [5.41, 5.74) is 1.95. The molecule has 2 aromatic heterocycles. The second-order valence-corrected chi connectivity index (χ2v) is 14.1. The monoisotopic (exact) mass is 672 g/mol. The van der Waals surface area contributed by atoms with Crippen LogP contribution in [0.15, 0.2) is 65.8 Å². The van der Waals surface area contributed by atoms with Gasteiger partial charge in [-0.1, -0.05) is 65.4 Å². The number of H-pyrrole nitrogens is 1. The lowest BCUT2D eigenvalue weighted by molar-refractivity contribution is 0.221. The van der Waals surface area contributed by atoms with E-state index in [1.54, 1.807) is 44.0 Å². The molecule has 2 heterocycles. The number of nitrogens with one attached hydrogen (secondary N) is 1. The van der Waals surface area contributed by atoms with Crippen LogP contribution in [0.4, 0.5) is 0 Å². The summed E-state index contributed by atoms with van der Waals surface area (Å²) in [6, 6.07) is 19.2. The SMILES string of the molecule is CCOP(=O)(CC)OCC.CCOP(=O)(CSc1nnnn1-c1ccccc1)OCC.S=c1nn[nH]n1-c1ccccc1. The van der Waals surface area contributed by atoms with Crippen molar-refractivity contribution in [2.45, 2.75) is 39.8 Å². The molecule has 0 atom stereocenters. The molecule has 1 N–H and O–H groups in total. The van der Waals surface area contributed by atoms with Crippen LogP contribution < -0.4 is 0 Å². The van der Waals surface area contributed by atoms with Crippen molar-refractivity contribution in [3.05, 3.63) is 65.4 Å². The van der Waals surface area contributed by atoms with E-state index in [9.17, 15) is 9.13 Å². The first-order valence-corrected chi connectivity index (χ1v) is 18.4. The zero-order valence-electron chi connectivity index (χ0n) is 24.8. The summed E-state index contributed by atoms with van der Waals surface area (Å²) in [6.07, 6.45) is 0.453. The first-order chi connectivity index (χ1) is 20.7. The Morgan fingerprint density at radius 3 is 1.74 bits per heavy atom. The van der Waals surface area contributed by atoms with E-state index in [2.05, 4.69) is 31.1 Å². The second kappa shape index (κ2) is 19.7.